The zero-order valence-corrected chi connectivity index (χ0v) is 17.2. The van der Waals surface area contributed by atoms with Gasteiger partial charge in [-0.25, -0.2) is 0 Å². The lowest BCUT2D eigenvalue weighted by Crippen LogP contribution is -2.49. The van der Waals surface area contributed by atoms with Crippen LogP contribution in [0.2, 0.25) is 0 Å². The minimum Gasteiger partial charge on any atom is -0.497 e. The topological polar surface area (TPSA) is 53.1 Å². The number of rotatable bonds is 5. The maximum absolute atomic E-state index is 13.3. The second kappa shape index (κ2) is 8.97. The van der Waals surface area contributed by atoms with E-state index in [0.717, 1.165) is 42.5 Å². The van der Waals surface area contributed by atoms with Crippen LogP contribution in [-0.4, -0.2) is 80.0 Å². The normalized spacial score (nSPS) is 23.6. The second-order valence-electron chi connectivity index (χ2n) is 7.48. The highest BCUT2D eigenvalue weighted by atomic mass is 32.2. The molecule has 0 N–H and O–H groups in total. The van der Waals surface area contributed by atoms with Crippen molar-refractivity contribution in [1.82, 2.24) is 9.80 Å². The lowest BCUT2D eigenvalue weighted by molar-refractivity contribution is -0.137. The van der Waals surface area contributed by atoms with Crippen LogP contribution in [0.4, 0.5) is 5.69 Å². The number of hydrogen-bond acceptors (Lipinski definition) is 5. The van der Waals surface area contributed by atoms with E-state index in [9.17, 15) is 9.59 Å². The van der Waals surface area contributed by atoms with E-state index in [1.54, 1.807) is 12.0 Å². The summed E-state index contributed by atoms with van der Waals surface area (Å²) in [6.45, 7) is 2.11. The Bertz CT molecular complexity index is 665. The van der Waals surface area contributed by atoms with Crippen LogP contribution in [0, 0.1) is 5.92 Å². The first-order valence-electron chi connectivity index (χ1n) is 9.47. The molecule has 6 nitrogen and oxygen atoms in total. The van der Waals surface area contributed by atoms with Crippen LogP contribution < -0.4 is 9.64 Å². The minimum absolute atomic E-state index is 0.0203. The fraction of sp³-hybridized carbons (Fsp3) is 0.600. The molecule has 1 aromatic rings. The van der Waals surface area contributed by atoms with Gasteiger partial charge in [0.1, 0.15) is 5.75 Å². The number of methoxy groups -OCH3 is 1. The molecule has 0 radical (unpaired) electrons. The van der Waals surface area contributed by atoms with Crippen LogP contribution in [0.1, 0.15) is 12.8 Å². The van der Waals surface area contributed by atoms with Crippen LogP contribution in [0.5, 0.6) is 5.75 Å². The third-order valence-electron chi connectivity index (χ3n) is 5.16. The maximum Gasteiger partial charge on any atom is 0.228 e. The molecule has 1 aromatic carbocycles. The molecular weight excluding hydrogens is 362 g/mol. The Hall–Kier alpha value is -1.73. The average molecular weight is 392 g/mol. The molecule has 0 spiro atoms. The molecule has 2 fully saturated rings. The van der Waals surface area contributed by atoms with E-state index >= 15 is 0 Å². The first-order chi connectivity index (χ1) is 13.0. The van der Waals surface area contributed by atoms with Gasteiger partial charge < -0.3 is 19.4 Å². The summed E-state index contributed by atoms with van der Waals surface area (Å²) in [5, 5.41) is 0. The number of benzene rings is 1. The summed E-state index contributed by atoms with van der Waals surface area (Å²) in [5.74, 6) is 2.71. The number of nitrogens with zero attached hydrogens (tertiary/aromatic N) is 3. The molecule has 7 heteroatoms. The molecule has 3 rings (SSSR count). The average Bonchev–Trinajstić information content (AvgIpc) is 2.90. The van der Waals surface area contributed by atoms with Gasteiger partial charge in [-0.05, 0) is 50.5 Å². The standard InChI is InChI=1S/C20H29N3O3S/c1-21(2)13-17-14-27-10-4-9-22(17)20(25)15-11-19(24)23(12-15)16-5-7-18(26-3)8-6-16/h5-8,15,17H,4,9-14H2,1-3H3. The van der Waals surface area contributed by atoms with Gasteiger partial charge in [-0.1, -0.05) is 0 Å². The van der Waals surface area contributed by atoms with Gasteiger partial charge in [0.05, 0.1) is 19.1 Å². The third-order valence-corrected chi connectivity index (χ3v) is 6.35. The largest absolute Gasteiger partial charge is 0.497 e. The summed E-state index contributed by atoms with van der Waals surface area (Å²) in [6, 6.07) is 7.65. The van der Waals surface area contributed by atoms with Crippen molar-refractivity contribution in [3.63, 3.8) is 0 Å². The first kappa shape index (κ1) is 20.0. The van der Waals surface area contributed by atoms with Crippen LogP contribution in [-0.2, 0) is 9.59 Å². The van der Waals surface area contributed by atoms with Crippen molar-refractivity contribution in [1.29, 1.82) is 0 Å². The molecule has 2 amide bonds. The molecule has 148 valence electrons. The molecule has 2 aliphatic heterocycles. The highest BCUT2D eigenvalue weighted by Gasteiger charge is 2.39. The van der Waals surface area contributed by atoms with Gasteiger partial charge in [0.15, 0.2) is 0 Å². The van der Waals surface area contributed by atoms with Gasteiger partial charge in [0.2, 0.25) is 11.8 Å². The summed E-state index contributed by atoms with van der Waals surface area (Å²) >= 11 is 1.92. The first-order valence-corrected chi connectivity index (χ1v) is 10.6. The summed E-state index contributed by atoms with van der Waals surface area (Å²) in [6.07, 6.45) is 1.31. The number of carbonyl (C=O) groups excluding carboxylic acids is 2. The van der Waals surface area contributed by atoms with Crippen molar-refractivity contribution >= 4 is 29.3 Å². The van der Waals surface area contributed by atoms with Crippen LogP contribution in [0.15, 0.2) is 24.3 Å². The Morgan fingerprint density at radius 2 is 2.04 bits per heavy atom. The summed E-state index contributed by atoms with van der Waals surface area (Å²) < 4.78 is 5.18. The predicted molar refractivity (Wildman–Crippen MR) is 109 cm³/mol. The van der Waals surface area contributed by atoms with Gasteiger partial charge >= 0.3 is 0 Å². The molecule has 0 bridgehead atoms. The quantitative estimate of drug-likeness (QED) is 0.768. The Morgan fingerprint density at radius 1 is 1.30 bits per heavy atom. The summed E-state index contributed by atoms with van der Waals surface area (Å²) in [7, 11) is 5.71. The lowest BCUT2D eigenvalue weighted by Gasteiger charge is -2.33. The highest BCUT2D eigenvalue weighted by molar-refractivity contribution is 7.99. The zero-order chi connectivity index (χ0) is 19.4. The zero-order valence-electron chi connectivity index (χ0n) is 16.4. The SMILES string of the molecule is COc1ccc(N2CC(C(=O)N3CCCSCC3CN(C)C)CC2=O)cc1. The van der Waals surface area contributed by atoms with Crippen molar-refractivity contribution in [2.24, 2.45) is 5.92 Å². The maximum atomic E-state index is 13.3. The number of thioether (sulfide) groups is 1. The number of amides is 2. The number of ether oxygens (including phenoxy) is 1. The molecule has 0 aromatic heterocycles. The molecule has 2 saturated heterocycles. The van der Waals surface area contributed by atoms with E-state index in [-0.39, 0.29) is 23.8 Å². The van der Waals surface area contributed by atoms with Crippen molar-refractivity contribution in [2.45, 2.75) is 18.9 Å². The van der Waals surface area contributed by atoms with E-state index in [4.69, 9.17) is 4.74 Å². The molecule has 0 aliphatic carbocycles. The van der Waals surface area contributed by atoms with E-state index < -0.39 is 0 Å². The van der Waals surface area contributed by atoms with Gasteiger partial charge in [-0.2, -0.15) is 11.8 Å². The van der Waals surface area contributed by atoms with Crippen molar-refractivity contribution < 1.29 is 14.3 Å². The van der Waals surface area contributed by atoms with Crippen LogP contribution >= 0.6 is 11.8 Å². The molecule has 0 saturated carbocycles. The number of anilines is 1. The lowest BCUT2D eigenvalue weighted by atomic mass is 10.1. The smallest absolute Gasteiger partial charge is 0.228 e. The van der Waals surface area contributed by atoms with E-state index in [1.807, 2.05) is 55.0 Å². The van der Waals surface area contributed by atoms with Crippen molar-refractivity contribution in [3.8, 4) is 5.75 Å². The number of hydrogen-bond donors (Lipinski definition) is 0. The summed E-state index contributed by atoms with van der Waals surface area (Å²) in [4.78, 5) is 31.7. The molecule has 27 heavy (non-hydrogen) atoms. The van der Waals surface area contributed by atoms with Gasteiger partial charge in [-0.3, -0.25) is 9.59 Å². The van der Waals surface area contributed by atoms with Gasteiger partial charge in [0, 0.05) is 37.5 Å². The van der Waals surface area contributed by atoms with Crippen molar-refractivity contribution in [2.75, 3.05) is 57.2 Å². The predicted octanol–water partition coefficient (Wildman–Crippen LogP) is 1.94. The molecule has 2 heterocycles. The Balaban J connectivity index is 1.71. The number of carbonyl (C=O) groups is 2. The molecular formula is C20H29N3O3S. The second-order valence-corrected chi connectivity index (χ2v) is 8.63. The highest BCUT2D eigenvalue weighted by Crippen LogP contribution is 2.29. The van der Waals surface area contributed by atoms with Crippen LogP contribution in [0.25, 0.3) is 0 Å². The summed E-state index contributed by atoms with van der Waals surface area (Å²) in [5.41, 5.74) is 0.826. The monoisotopic (exact) mass is 391 g/mol. The molecule has 2 aliphatic rings. The minimum atomic E-state index is -0.257. The van der Waals surface area contributed by atoms with E-state index in [2.05, 4.69) is 4.90 Å². The van der Waals surface area contributed by atoms with E-state index in [1.165, 1.54) is 0 Å². The fourth-order valence-corrected chi connectivity index (χ4v) is 4.87. The van der Waals surface area contributed by atoms with Crippen LogP contribution in [0.3, 0.4) is 0 Å². The third kappa shape index (κ3) is 4.76. The fourth-order valence-electron chi connectivity index (χ4n) is 3.81. The van der Waals surface area contributed by atoms with E-state index in [0.29, 0.717) is 13.0 Å². The van der Waals surface area contributed by atoms with Gasteiger partial charge in [0.25, 0.3) is 0 Å². The van der Waals surface area contributed by atoms with Crippen molar-refractivity contribution in [3.05, 3.63) is 24.3 Å². The van der Waals surface area contributed by atoms with Gasteiger partial charge in [-0.15, -0.1) is 0 Å². The molecule has 2 atom stereocenters. The Kier molecular flexibility index (Phi) is 6.65. The number of likely N-dealkylation sites (N-methyl/N-ethyl adjacent to an activating group) is 1. The Morgan fingerprint density at radius 3 is 2.70 bits per heavy atom. The molecule has 2 unspecified atom stereocenters. The Labute approximate surface area is 165 Å².